The van der Waals surface area contributed by atoms with Crippen LogP contribution in [0, 0.1) is 0 Å². The van der Waals surface area contributed by atoms with Gasteiger partial charge in [0.05, 0.1) is 5.69 Å². The first-order valence-electron chi connectivity index (χ1n) is 16.2. The lowest BCUT2D eigenvalue weighted by Gasteiger charge is -2.26. The summed E-state index contributed by atoms with van der Waals surface area (Å²) in [6.45, 7) is 0. The quantitative estimate of drug-likeness (QED) is 0.194. The molecule has 0 saturated carbocycles. The Kier molecular flexibility index (Phi) is 5.26. The zero-order valence-corrected chi connectivity index (χ0v) is 26.4. The molecule has 0 bridgehead atoms. The summed E-state index contributed by atoms with van der Waals surface area (Å²) in [5.41, 5.74) is 6.87. The third-order valence-electron chi connectivity index (χ3n) is 9.80. The van der Waals surface area contributed by atoms with Gasteiger partial charge in [-0.15, -0.1) is 11.3 Å². The van der Waals surface area contributed by atoms with Crippen LogP contribution in [0.5, 0.6) is 0 Å². The molecule has 4 heteroatoms. The summed E-state index contributed by atoms with van der Waals surface area (Å²) >= 11 is 1.83. The standard InChI is InChI=1S/C44H25NO2S/c1-2-12-29(13-3-1)45(30-18-20-32-34-23-27-10-4-5-11-28(27)24-37(34)46-38(32)25-30)35-15-8-16-39-42(35)43-40(48-39)22-21-36-41(43)33-19-17-26-9-6-7-14-31(26)44(33)47-36/h1-25H. The molecule has 0 N–H and O–H groups in total. The summed E-state index contributed by atoms with van der Waals surface area (Å²) < 4.78 is 15.7. The fraction of sp³-hybridized carbons (Fsp3) is 0. The van der Waals surface area contributed by atoms with Crippen molar-refractivity contribution in [2.24, 2.45) is 0 Å². The van der Waals surface area contributed by atoms with Gasteiger partial charge in [0, 0.05) is 64.5 Å². The largest absolute Gasteiger partial charge is 0.456 e. The third-order valence-corrected chi connectivity index (χ3v) is 10.9. The first-order valence-corrected chi connectivity index (χ1v) is 17.0. The number of rotatable bonds is 3. The van der Waals surface area contributed by atoms with Gasteiger partial charge >= 0.3 is 0 Å². The van der Waals surface area contributed by atoms with Crippen LogP contribution in [0.25, 0.3) is 85.6 Å². The van der Waals surface area contributed by atoms with Gasteiger partial charge in [0.2, 0.25) is 0 Å². The molecule has 8 aromatic carbocycles. The van der Waals surface area contributed by atoms with E-state index in [-0.39, 0.29) is 0 Å². The van der Waals surface area contributed by atoms with Crippen LogP contribution in [0.2, 0.25) is 0 Å². The Morgan fingerprint density at radius 3 is 2.04 bits per heavy atom. The molecule has 0 aliphatic rings. The van der Waals surface area contributed by atoms with E-state index in [4.69, 9.17) is 8.83 Å². The highest BCUT2D eigenvalue weighted by atomic mass is 32.1. The topological polar surface area (TPSA) is 29.5 Å². The van der Waals surface area contributed by atoms with Crippen LogP contribution in [-0.4, -0.2) is 0 Å². The van der Waals surface area contributed by atoms with Gasteiger partial charge in [-0.25, -0.2) is 0 Å². The van der Waals surface area contributed by atoms with E-state index < -0.39 is 0 Å². The van der Waals surface area contributed by atoms with E-state index in [1.165, 1.54) is 41.7 Å². The van der Waals surface area contributed by atoms with Crippen molar-refractivity contribution >= 4 is 114 Å². The fourth-order valence-electron chi connectivity index (χ4n) is 7.66. The average Bonchev–Trinajstić information content (AvgIpc) is 3.82. The predicted octanol–water partition coefficient (Wildman–Crippen LogP) is 13.6. The van der Waals surface area contributed by atoms with Gasteiger partial charge in [0.25, 0.3) is 0 Å². The molecule has 11 rings (SSSR count). The Morgan fingerprint density at radius 1 is 0.396 bits per heavy atom. The second kappa shape index (κ2) is 9.71. The number of hydrogen-bond acceptors (Lipinski definition) is 4. The van der Waals surface area contributed by atoms with Crippen molar-refractivity contribution in [3.05, 3.63) is 152 Å². The van der Waals surface area contributed by atoms with Crippen molar-refractivity contribution in [1.82, 2.24) is 0 Å². The summed E-state index contributed by atoms with van der Waals surface area (Å²) in [7, 11) is 0. The average molecular weight is 632 g/mol. The van der Waals surface area contributed by atoms with E-state index in [1.807, 2.05) is 11.3 Å². The van der Waals surface area contributed by atoms with Gasteiger partial charge < -0.3 is 13.7 Å². The lowest BCUT2D eigenvalue weighted by molar-refractivity contribution is 0.669. The van der Waals surface area contributed by atoms with E-state index in [2.05, 4.69) is 157 Å². The molecule has 0 atom stereocenters. The summed E-state index contributed by atoms with van der Waals surface area (Å²) in [6, 6.07) is 54.0. The van der Waals surface area contributed by atoms with E-state index >= 15 is 0 Å². The molecule has 0 radical (unpaired) electrons. The number of furan rings is 2. The minimum absolute atomic E-state index is 0.871. The molecule has 3 heterocycles. The summed E-state index contributed by atoms with van der Waals surface area (Å²) in [4.78, 5) is 2.37. The molecule has 3 aromatic heterocycles. The van der Waals surface area contributed by atoms with Crippen molar-refractivity contribution in [2.75, 3.05) is 4.90 Å². The van der Waals surface area contributed by atoms with E-state index in [1.54, 1.807) is 0 Å². The number of anilines is 3. The minimum Gasteiger partial charge on any atom is -0.456 e. The Hall–Kier alpha value is -6.10. The highest BCUT2D eigenvalue weighted by Gasteiger charge is 2.23. The van der Waals surface area contributed by atoms with Crippen LogP contribution in [0.15, 0.2) is 160 Å². The molecule has 0 fully saturated rings. The summed E-state index contributed by atoms with van der Waals surface area (Å²) in [6.07, 6.45) is 0. The van der Waals surface area contributed by atoms with Crippen LogP contribution in [-0.2, 0) is 0 Å². The molecule has 0 spiro atoms. The van der Waals surface area contributed by atoms with Crippen LogP contribution < -0.4 is 4.90 Å². The smallest absolute Gasteiger partial charge is 0.143 e. The van der Waals surface area contributed by atoms with Gasteiger partial charge in [-0.2, -0.15) is 0 Å². The maximum Gasteiger partial charge on any atom is 0.143 e. The van der Waals surface area contributed by atoms with Gasteiger partial charge in [0.1, 0.15) is 22.3 Å². The molecular formula is C44H25NO2S. The second-order valence-electron chi connectivity index (χ2n) is 12.5. The predicted molar refractivity (Wildman–Crippen MR) is 204 cm³/mol. The normalized spacial score (nSPS) is 12.2. The van der Waals surface area contributed by atoms with Crippen molar-refractivity contribution in [3.63, 3.8) is 0 Å². The molecule has 0 aliphatic heterocycles. The SMILES string of the molecule is c1ccc(N(c2ccc3c(c2)oc2cc4ccccc4cc23)c2cccc3sc4ccc5oc6c7ccccc7ccc6c5c4c23)cc1. The monoisotopic (exact) mass is 631 g/mol. The summed E-state index contributed by atoms with van der Waals surface area (Å²) in [5.74, 6) is 0. The molecule has 0 aliphatic carbocycles. The van der Waals surface area contributed by atoms with Gasteiger partial charge in [-0.1, -0.05) is 78.9 Å². The van der Waals surface area contributed by atoms with Crippen molar-refractivity contribution in [2.45, 2.75) is 0 Å². The molecule has 48 heavy (non-hydrogen) atoms. The van der Waals surface area contributed by atoms with Crippen LogP contribution in [0.4, 0.5) is 17.1 Å². The maximum atomic E-state index is 6.65. The maximum absolute atomic E-state index is 6.65. The number of fused-ring (bicyclic) bond motifs is 13. The third kappa shape index (κ3) is 3.63. The molecule has 0 saturated heterocycles. The Morgan fingerprint density at radius 2 is 1.15 bits per heavy atom. The summed E-state index contributed by atoms with van der Waals surface area (Å²) in [5, 5.41) is 11.7. The van der Waals surface area contributed by atoms with Crippen LogP contribution >= 0.6 is 11.3 Å². The molecular weight excluding hydrogens is 607 g/mol. The highest BCUT2D eigenvalue weighted by Crippen LogP contribution is 2.49. The molecule has 11 aromatic rings. The molecule has 3 nitrogen and oxygen atoms in total. The number of nitrogens with zero attached hydrogens (tertiary/aromatic N) is 1. The van der Waals surface area contributed by atoms with E-state index in [0.717, 1.165) is 60.9 Å². The highest BCUT2D eigenvalue weighted by molar-refractivity contribution is 7.26. The number of benzene rings is 8. The Labute approximate surface area is 278 Å². The van der Waals surface area contributed by atoms with E-state index in [9.17, 15) is 0 Å². The second-order valence-corrected chi connectivity index (χ2v) is 13.6. The number of hydrogen-bond donors (Lipinski definition) is 0. The van der Waals surface area contributed by atoms with Crippen LogP contribution in [0.3, 0.4) is 0 Å². The lowest BCUT2D eigenvalue weighted by atomic mass is 10.0. The number of thiophene rings is 1. The molecule has 0 amide bonds. The zero-order valence-electron chi connectivity index (χ0n) is 25.6. The van der Waals surface area contributed by atoms with E-state index in [0.29, 0.717) is 0 Å². The Balaban J connectivity index is 1.21. The van der Waals surface area contributed by atoms with Crippen molar-refractivity contribution < 1.29 is 8.83 Å². The molecule has 0 unspecified atom stereocenters. The van der Waals surface area contributed by atoms with Gasteiger partial charge in [-0.3, -0.25) is 0 Å². The lowest BCUT2D eigenvalue weighted by Crippen LogP contribution is -2.10. The number of para-hydroxylation sites is 1. The van der Waals surface area contributed by atoms with Gasteiger partial charge in [-0.05, 0) is 82.9 Å². The minimum atomic E-state index is 0.871. The van der Waals surface area contributed by atoms with Crippen molar-refractivity contribution in [1.29, 1.82) is 0 Å². The van der Waals surface area contributed by atoms with Crippen LogP contribution in [0.1, 0.15) is 0 Å². The molecule has 224 valence electrons. The zero-order chi connectivity index (χ0) is 31.3. The van der Waals surface area contributed by atoms with Gasteiger partial charge in [0.15, 0.2) is 0 Å². The van der Waals surface area contributed by atoms with Crippen molar-refractivity contribution in [3.8, 4) is 0 Å². The first-order chi connectivity index (χ1) is 23.8. The fourth-order valence-corrected chi connectivity index (χ4v) is 8.80. The first kappa shape index (κ1) is 26.0. The Bertz CT molecular complexity index is 3070.